The van der Waals surface area contributed by atoms with E-state index in [-0.39, 0.29) is 16.7 Å². The zero-order valence-electron chi connectivity index (χ0n) is 11.4. The molecule has 2 aromatic heterocycles. The molecule has 0 saturated heterocycles. The third-order valence-electron chi connectivity index (χ3n) is 2.89. The van der Waals surface area contributed by atoms with Gasteiger partial charge in [-0.3, -0.25) is 9.48 Å². The Labute approximate surface area is 121 Å². The summed E-state index contributed by atoms with van der Waals surface area (Å²) in [5.74, 6) is -0.0230. The van der Waals surface area contributed by atoms with Crippen LogP contribution in [-0.4, -0.2) is 20.7 Å². The Balaban J connectivity index is 2.10. The number of pyridine rings is 1. The third-order valence-corrected chi connectivity index (χ3v) is 3.19. The highest BCUT2D eigenvalue weighted by molar-refractivity contribution is 6.33. The van der Waals surface area contributed by atoms with Crippen molar-refractivity contribution in [3.05, 3.63) is 40.3 Å². The number of anilines is 1. The van der Waals surface area contributed by atoms with Gasteiger partial charge in [0.25, 0.3) is 5.91 Å². The Kier molecular flexibility index (Phi) is 4.24. The molecule has 0 aromatic carbocycles. The number of aryl methyl sites for hydroxylation is 2. The van der Waals surface area contributed by atoms with Gasteiger partial charge in [0, 0.05) is 31.5 Å². The minimum Gasteiger partial charge on any atom is -0.384 e. The Bertz CT molecular complexity index is 638. The van der Waals surface area contributed by atoms with Crippen molar-refractivity contribution in [2.24, 2.45) is 7.05 Å². The van der Waals surface area contributed by atoms with Gasteiger partial charge in [0.1, 0.15) is 5.82 Å². The highest BCUT2D eigenvalue weighted by Crippen LogP contribution is 2.16. The first-order valence-electron chi connectivity index (χ1n) is 6.22. The van der Waals surface area contributed by atoms with E-state index in [1.165, 1.54) is 12.3 Å². The van der Waals surface area contributed by atoms with E-state index in [1.54, 1.807) is 4.68 Å². The Morgan fingerprint density at radius 3 is 3.00 bits per heavy atom. The molecule has 106 valence electrons. The molecule has 0 spiro atoms. The van der Waals surface area contributed by atoms with E-state index < -0.39 is 0 Å². The second-order valence-corrected chi connectivity index (χ2v) is 4.81. The Morgan fingerprint density at radius 1 is 1.55 bits per heavy atom. The topological polar surface area (TPSA) is 85.8 Å². The normalized spacial score (nSPS) is 10.6. The van der Waals surface area contributed by atoms with Gasteiger partial charge in [-0.1, -0.05) is 18.5 Å². The van der Waals surface area contributed by atoms with Crippen molar-refractivity contribution in [3.8, 4) is 0 Å². The first-order valence-corrected chi connectivity index (χ1v) is 6.59. The van der Waals surface area contributed by atoms with Crippen LogP contribution in [0.3, 0.4) is 0 Å². The number of carbonyl (C=O) groups is 1. The molecular weight excluding hydrogens is 278 g/mol. The van der Waals surface area contributed by atoms with Crippen LogP contribution in [0.4, 0.5) is 5.82 Å². The fraction of sp³-hybridized carbons (Fsp3) is 0.308. The lowest BCUT2D eigenvalue weighted by Crippen LogP contribution is -2.23. The summed E-state index contributed by atoms with van der Waals surface area (Å²) in [6, 6.07) is 1.46. The van der Waals surface area contributed by atoms with E-state index in [0.717, 1.165) is 17.7 Å². The third kappa shape index (κ3) is 3.08. The zero-order chi connectivity index (χ0) is 14.7. The molecule has 0 saturated carbocycles. The van der Waals surface area contributed by atoms with Crippen LogP contribution in [0.15, 0.2) is 18.5 Å². The van der Waals surface area contributed by atoms with Gasteiger partial charge in [-0.15, -0.1) is 0 Å². The molecule has 0 atom stereocenters. The van der Waals surface area contributed by atoms with Crippen molar-refractivity contribution in [1.82, 2.24) is 20.1 Å². The van der Waals surface area contributed by atoms with Gasteiger partial charge < -0.3 is 11.1 Å². The molecule has 3 N–H and O–H groups in total. The maximum Gasteiger partial charge on any atom is 0.253 e. The number of nitrogens with zero attached hydrogens (tertiary/aromatic N) is 3. The first kappa shape index (κ1) is 14.3. The van der Waals surface area contributed by atoms with Crippen molar-refractivity contribution in [3.63, 3.8) is 0 Å². The lowest BCUT2D eigenvalue weighted by Gasteiger charge is -2.07. The molecule has 0 aliphatic heterocycles. The molecule has 2 rings (SSSR count). The summed E-state index contributed by atoms with van der Waals surface area (Å²) in [7, 11) is 1.85. The fourth-order valence-corrected chi connectivity index (χ4v) is 2.12. The van der Waals surface area contributed by atoms with Crippen LogP contribution in [-0.2, 0) is 20.0 Å². The number of rotatable bonds is 4. The molecule has 0 aliphatic carbocycles. The number of halogens is 1. The van der Waals surface area contributed by atoms with Crippen LogP contribution >= 0.6 is 11.6 Å². The molecule has 0 bridgehead atoms. The standard InChI is InChI=1S/C13H16ClN5O/c1-3-11-8(7-19(2)18-11)5-17-13(20)9-4-12(15)16-6-10(9)14/h4,6-7H,3,5H2,1-2H3,(H2,15,16)(H,17,20). The maximum atomic E-state index is 12.1. The van der Waals surface area contributed by atoms with Gasteiger partial charge in [0.2, 0.25) is 0 Å². The molecule has 2 aromatic rings. The molecule has 0 aliphatic rings. The molecule has 0 fully saturated rings. The maximum absolute atomic E-state index is 12.1. The van der Waals surface area contributed by atoms with Gasteiger partial charge in [0.15, 0.2) is 0 Å². The lowest BCUT2D eigenvalue weighted by atomic mass is 10.2. The monoisotopic (exact) mass is 293 g/mol. The number of hydrogen-bond donors (Lipinski definition) is 2. The van der Waals surface area contributed by atoms with Crippen molar-refractivity contribution < 1.29 is 4.79 Å². The van der Waals surface area contributed by atoms with E-state index in [9.17, 15) is 4.79 Å². The van der Waals surface area contributed by atoms with Crippen LogP contribution in [0.25, 0.3) is 0 Å². The second kappa shape index (κ2) is 5.92. The average molecular weight is 294 g/mol. The van der Waals surface area contributed by atoms with Crippen LogP contribution in [0.1, 0.15) is 28.5 Å². The quantitative estimate of drug-likeness (QED) is 0.895. The molecule has 6 nitrogen and oxygen atoms in total. The van der Waals surface area contributed by atoms with Crippen molar-refractivity contribution in [1.29, 1.82) is 0 Å². The van der Waals surface area contributed by atoms with Crippen LogP contribution < -0.4 is 11.1 Å². The summed E-state index contributed by atoms with van der Waals surface area (Å²) < 4.78 is 1.73. The highest BCUT2D eigenvalue weighted by atomic mass is 35.5. The number of nitrogen functional groups attached to an aromatic ring is 1. The molecule has 2 heterocycles. The van der Waals surface area contributed by atoms with Gasteiger partial charge in [-0.05, 0) is 12.5 Å². The minimum atomic E-state index is -0.282. The SMILES string of the molecule is CCc1nn(C)cc1CNC(=O)c1cc(N)ncc1Cl. The summed E-state index contributed by atoms with van der Waals surface area (Å²) >= 11 is 5.94. The number of nitrogens with one attached hydrogen (secondary N) is 1. The van der Waals surface area contributed by atoms with Gasteiger partial charge in [-0.25, -0.2) is 4.98 Å². The summed E-state index contributed by atoms with van der Waals surface area (Å²) in [6.45, 7) is 2.42. The number of aromatic nitrogens is 3. The fourth-order valence-electron chi connectivity index (χ4n) is 1.93. The molecule has 0 unspecified atom stereocenters. The summed E-state index contributed by atoms with van der Waals surface area (Å²) in [6.07, 6.45) is 4.07. The molecule has 1 amide bonds. The number of nitrogens with two attached hydrogens (primary N) is 1. The number of amides is 1. The highest BCUT2D eigenvalue weighted by Gasteiger charge is 2.13. The zero-order valence-corrected chi connectivity index (χ0v) is 12.1. The van der Waals surface area contributed by atoms with Gasteiger partial charge in [0.05, 0.1) is 16.3 Å². The molecule has 20 heavy (non-hydrogen) atoms. The van der Waals surface area contributed by atoms with Crippen molar-refractivity contribution in [2.45, 2.75) is 19.9 Å². The van der Waals surface area contributed by atoms with Gasteiger partial charge in [-0.2, -0.15) is 5.10 Å². The average Bonchev–Trinajstić information content (AvgIpc) is 2.79. The first-order chi connectivity index (χ1) is 9.51. The Morgan fingerprint density at radius 2 is 2.30 bits per heavy atom. The summed E-state index contributed by atoms with van der Waals surface area (Å²) in [4.78, 5) is 15.9. The van der Waals surface area contributed by atoms with Crippen LogP contribution in [0.5, 0.6) is 0 Å². The van der Waals surface area contributed by atoms with E-state index in [1.807, 2.05) is 20.2 Å². The predicted octanol–water partition coefficient (Wildman–Crippen LogP) is 1.54. The van der Waals surface area contributed by atoms with E-state index in [2.05, 4.69) is 15.4 Å². The Hall–Kier alpha value is -2.08. The molecule has 0 radical (unpaired) electrons. The van der Waals surface area contributed by atoms with Gasteiger partial charge >= 0.3 is 0 Å². The van der Waals surface area contributed by atoms with E-state index in [4.69, 9.17) is 17.3 Å². The van der Waals surface area contributed by atoms with Crippen LogP contribution in [0.2, 0.25) is 5.02 Å². The van der Waals surface area contributed by atoms with E-state index in [0.29, 0.717) is 12.1 Å². The largest absolute Gasteiger partial charge is 0.384 e. The summed E-state index contributed by atoms with van der Waals surface area (Å²) in [5.41, 5.74) is 7.83. The van der Waals surface area contributed by atoms with E-state index >= 15 is 0 Å². The molecule has 7 heteroatoms. The minimum absolute atomic E-state index is 0.259. The smallest absolute Gasteiger partial charge is 0.253 e. The second-order valence-electron chi connectivity index (χ2n) is 4.40. The van der Waals surface area contributed by atoms with Crippen molar-refractivity contribution >= 4 is 23.3 Å². The number of hydrogen-bond acceptors (Lipinski definition) is 4. The van der Waals surface area contributed by atoms with Crippen LogP contribution in [0, 0.1) is 0 Å². The number of carbonyl (C=O) groups excluding carboxylic acids is 1. The molecular formula is C13H16ClN5O. The predicted molar refractivity (Wildman–Crippen MR) is 77.4 cm³/mol. The lowest BCUT2D eigenvalue weighted by molar-refractivity contribution is 0.0951. The van der Waals surface area contributed by atoms with Crippen molar-refractivity contribution in [2.75, 3.05) is 5.73 Å². The summed E-state index contributed by atoms with van der Waals surface area (Å²) in [5, 5.41) is 7.41.